The molecule has 0 aliphatic rings. The molecule has 0 bridgehead atoms. The Kier molecular flexibility index (Phi) is 2.28. The Morgan fingerprint density at radius 3 is 2.33 bits per heavy atom. The van der Waals surface area contributed by atoms with Gasteiger partial charge >= 0.3 is 6.98 Å². The Labute approximate surface area is 70.4 Å². The van der Waals surface area contributed by atoms with Crippen LogP contribution in [0.5, 0.6) is 0 Å². The number of pyridine rings is 1. The van der Waals surface area contributed by atoms with Gasteiger partial charge in [0.1, 0.15) is 0 Å². The fourth-order valence-corrected chi connectivity index (χ4v) is 0.834. The summed E-state index contributed by atoms with van der Waals surface area (Å²) in [4.78, 5) is 2.84. The fourth-order valence-electron chi connectivity index (χ4n) is 0.668. The number of nitrogens with zero attached hydrogens (tertiary/aromatic N) is 1. The largest absolute Gasteiger partial charge is 0.514 e. The van der Waals surface area contributed by atoms with Crippen LogP contribution in [-0.4, -0.2) is 12.0 Å². The Morgan fingerprint density at radius 2 is 1.92 bits per heavy atom. The molecule has 0 N–H and O–H groups in total. The van der Waals surface area contributed by atoms with Crippen molar-refractivity contribution in [3.8, 4) is 0 Å². The maximum atomic E-state index is 12.4. The average molecular weight is 198 g/mol. The van der Waals surface area contributed by atoms with Gasteiger partial charge in [0, 0.05) is 6.20 Å². The number of rotatable bonds is 1. The van der Waals surface area contributed by atoms with Gasteiger partial charge in [0.05, 0.1) is 5.02 Å². The highest BCUT2D eigenvalue weighted by atomic mass is 35.5. The molecule has 66 valence electrons. The van der Waals surface area contributed by atoms with Crippen LogP contribution in [0.2, 0.25) is 5.02 Å². The molecule has 0 saturated carbocycles. The van der Waals surface area contributed by atoms with E-state index in [4.69, 9.17) is 11.6 Å². The van der Waals surface area contributed by atoms with Gasteiger partial charge in [0.25, 0.3) is 0 Å². The highest BCUT2D eigenvalue weighted by Gasteiger charge is 2.29. The van der Waals surface area contributed by atoms with Gasteiger partial charge in [0.2, 0.25) is 0 Å². The molecule has 0 unspecified atom stereocenters. The highest BCUT2D eigenvalue weighted by molar-refractivity contribution is 6.73. The van der Waals surface area contributed by atoms with Gasteiger partial charge in [-0.25, -0.2) is 4.98 Å². The number of halogens is 5. The fraction of sp³-hybridized carbons (Fsp3) is 0. The zero-order valence-electron chi connectivity index (χ0n) is 5.57. The van der Waals surface area contributed by atoms with E-state index >= 15 is 0 Å². The molecular weight excluding hydrogens is 196 g/mol. The maximum absolute atomic E-state index is 12.4. The Balaban J connectivity index is 3.23. The molecule has 0 amide bonds. The summed E-state index contributed by atoms with van der Waals surface area (Å²) in [5.41, 5.74) is -1.39. The first-order valence-corrected chi connectivity index (χ1v) is 3.30. The third-order valence-electron chi connectivity index (χ3n) is 1.19. The van der Waals surface area contributed by atoms with Crippen LogP contribution in [-0.2, 0) is 0 Å². The summed E-state index contributed by atoms with van der Waals surface area (Å²) in [6, 6.07) is 0.518. The third kappa shape index (κ3) is 1.88. The van der Waals surface area contributed by atoms with E-state index in [-0.39, 0.29) is 5.02 Å². The van der Waals surface area contributed by atoms with Crippen molar-refractivity contribution < 1.29 is 17.3 Å². The summed E-state index contributed by atoms with van der Waals surface area (Å²) in [7, 11) is 0. The van der Waals surface area contributed by atoms with Crippen LogP contribution < -0.4 is 5.46 Å². The lowest BCUT2D eigenvalue weighted by atomic mass is 9.81. The molecule has 0 aromatic carbocycles. The minimum absolute atomic E-state index is 0.231. The number of hydrogen-bond donors (Lipinski definition) is 0. The number of aromatic nitrogens is 1. The molecule has 1 aromatic heterocycles. The third-order valence-corrected chi connectivity index (χ3v) is 1.39. The molecule has 0 radical (unpaired) electrons. The summed E-state index contributed by atoms with van der Waals surface area (Å²) in [6.45, 7) is -5.37. The van der Waals surface area contributed by atoms with Gasteiger partial charge in [0.15, 0.2) is 5.95 Å². The van der Waals surface area contributed by atoms with E-state index in [1.54, 1.807) is 0 Å². The van der Waals surface area contributed by atoms with Crippen molar-refractivity contribution in [3.05, 3.63) is 23.2 Å². The van der Waals surface area contributed by atoms with Crippen molar-refractivity contribution in [2.75, 3.05) is 0 Å². The molecule has 1 heterocycles. The predicted octanol–water partition coefficient (Wildman–Crippen LogP) is 1.93. The lowest BCUT2D eigenvalue weighted by molar-refractivity contribution is 0.490. The summed E-state index contributed by atoms with van der Waals surface area (Å²) < 4.78 is 48.2. The zero-order chi connectivity index (χ0) is 9.35. The van der Waals surface area contributed by atoms with Crippen LogP contribution in [0.15, 0.2) is 12.3 Å². The number of hydrogen-bond acceptors (Lipinski definition) is 1. The zero-order valence-corrected chi connectivity index (χ0v) is 6.33. The molecular formula is C5H2BClF4N-. The first kappa shape index (κ1) is 9.31. The van der Waals surface area contributed by atoms with E-state index in [9.17, 15) is 17.3 Å². The minimum Gasteiger partial charge on any atom is -0.445 e. The van der Waals surface area contributed by atoms with Gasteiger partial charge in [-0.2, -0.15) is 4.39 Å². The van der Waals surface area contributed by atoms with Crippen molar-refractivity contribution in [1.82, 2.24) is 4.98 Å². The van der Waals surface area contributed by atoms with Gasteiger partial charge in [-0.3, -0.25) is 0 Å². The van der Waals surface area contributed by atoms with E-state index in [2.05, 4.69) is 4.98 Å². The van der Waals surface area contributed by atoms with Crippen LogP contribution in [0.1, 0.15) is 0 Å². The molecule has 1 nitrogen and oxygen atoms in total. The van der Waals surface area contributed by atoms with Gasteiger partial charge < -0.3 is 12.9 Å². The normalized spacial score (nSPS) is 11.8. The Bertz CT molecular complexity index is 300. The van der Waals surface area contributed by atoms with E-state index in [0.717, 1.165) is 6.20 Å². The highest BCUT2D eigenvalue weighted by Crippen LogP contribution is 2.13. The molecule has 0 saturated heterocycles. The van der Waals surface area contributed by atoms with Crippen LogP contribution in [0.4, 0.5) is 17.3 Å². The summed E-state index contributed by atoms with van der Waals surface area (Å²) in [5, 5.41) is -0.231. The van der Waals surface area contributed by atoms with Crippen LogP contribution in [0.3, 0.4) is 0 Å². The molecule has 1 rings (SSSR count). The molecule has 0 fully saturated rings. The van der Waals surface area contributed by atoms with Crippen molar-refractivity contribution in [1.29, 1.82) is 0 Å². The minimum atomic E-state index is -5.37. The van der Waals surface area contributed by atoms with Crippen molar-refractivity contribution in [2.45, 2.75) is 0 Å². The maximum Gasteiger partial charge on any atom is 0.514 e. The summed E-state index contributed by atoms with van der Waals surface area (Å²) in [5.74, 6) is -1.54. The predicted molar refractivity (Wildman–Crippen MR) is 37.9 cm³/mol. The van der Waals surface area contributed by atoms with Crippen LogP contribution >= 0.6 is 11.6 Å². The van der Waals surface area contributed by atoms with E-state index in [1.165, 1.54) is 0 Å². The molecule has 1 aromatic rings. The topological polar surface area (TPSA) is 12.9 Å². The van der Waals surface area contributed by atoms with Gasteiger partial charge in [-0.15, -0.1) is 0 Å². The van der Waals surface area contributed by atoms with E-state index in [1.807, 2.05) is 0 Å². The Hall–Kier alpha value is -0.775. The van der Waals surface area contributed by atoms with Crippen molar-refractivity contribution in [2.24, 2.45) is 0 Å². The average Bonchev–Trinajstić information content (AvgIpc) is 1.92. The van der Waals surface area contributed by atoms with Crippen molar-refractivity contribution >= 4 is 24.0 Å². The molecule has 7 heteroatoms. The SMILES string of the molecule is Fc1ncc(Cl)cc1[B-](F)(F)F. The smallest absolute Gasteiger partial charge is 0.445 e. The standard InChI is InChI=1S/C5H2BClF4N/c7-3-1-4(6(9,10)11)5(8)12-2-3/h1-2H/q-1. The van der Waals surface area contributed by atoms with Gasteiger partial charge in [-0.1, -0.05) is 23.1 Å². The first-order chi connectivity index (χ1) is 5.41. The summed E-state index contributed by atoms with van der Waals surface area (Å²) >= 11 is 5.20. The van der Waals surface area contributed by atoms with Crippen LogP contribution in [0.25, 0.3) is 0 Å². The molecule has 0 spiro atoms. The second-order valence-electron chi connectivity index (χ2n) is 2.11. The molecule has 0 atom stereocenters. The lowest BCUT2D eigenvalue weighted by Gasteiger charge is -2.14. The monoisotopic (exact) mass is 198 g/mol. The molecule has 0 aliphatic heterocycles. The molecule has 0 aliphatic carbocycles. The second kappa shape index (κ2) is 2.93. The molecule has 12 heavy (non-hydrogen) atoms. The van der Waals surface area contributed by atoms with Crippen molar-refractivity contribution in [3.63, 3.8) is 0 Å². The summed E-state index contributed by atoms with van der Waals surface area (Å²) in [6.07, 6.45) is 0.822. The Morgan fingerprint density at radius 1 is 1.33 bits per heavy atom. The van der Waals surface area contributed by atoms with E-state index in [0.29, 0.717) is 6.07 Å². The lowest BCUT2D eigenvalue weighted by Crippen LogP contribution is -2.37. The quantitative estimate of drug-likeness (QED) is 0.382. The first-order valence-electron chi connectivity index (χ1n) is 2.92. The second-order valence-corrected chi connectivity index (χ2v) is 2.54. The van der Waals surface area contributed by atoms with Gasteiger partial charge in [-0.05, 0) is 0 Å². The van der Waals surface area contributed by atoms with Crippen LogP contribution in [0, 0.1) is 5.95 Å². The van der Waals surface area contributed by atoms with E-state index < -0.39 is 18.4 Å².